The van der Waals surface area contributed by atoms with E-state index in [1.54, 1.807) is 0 Å². The zero-order chi connectivity index (χ0) is 10.4. The second-order valence-electron chi connectivity index (χ2n) is 4.67. The van der Waals surface area contributed by atoms with Gasteiger partial charge in [-0.25, -0.2) is 0 Å². The Hall–Kier alpha value is -0.0800. The predicted molar refractivity (Wildman–Crippen MR) is 60.3 cm³/mol. The van der Waals surface area contributed by atoms with Crippen LogP contribution in [0.2, 0.25) is 0 Å². The van der Waals surface area contributed by atoms with Crippen LogP contribution in [0.1, 0.15) is 39.0 Å². The number of rotatable bonds is 5. The number of aliphatic hydroxyl groups is 1. The van der Waals surface area contributed by atoms with Gasteiger partial charge in [0.1, 0.15) is 0 Å². The molecule has 0 spiro atoms. The minimum atomic E-state index is 0.364. The molecule has 0 aromatic heterocycles. The summed E-state index contributed by atoms with van der Waals surface area (Å²) in [6, 6.07) is 0. The fourth-order valence-electron chi connectivity index (χ4n) is 2.63. The van der Waals surface area contributed by atoms with E-state index in [0.29, 0.717) is 6.61 Å². The third-order valence-electron chi connectivity index (χ3n) is 3.69. The first-order valence-corrected chi connectivity index (χ1v) is 6.07. The van der Waals surface area contributed by atoms with Crippen LogP contribution < -0.4 is 0 Å². The van der Waals surface area contributed by atoms with Gasteiger partial charge in [-0.1, -0.05) is 13.3 Å². The van der Waals surface area contributed by atoms with E-state index in [1.807, 2.05) is 0 Å². The molecular formula is C12H25NO. The number of piperidine rings is 1. The maximum atomic E-state index is 8.84. The molecule has 1 rings (SSSR count). The van der Waals surface area contributed by atoms with Gasteiger partial charge in [0, 0.05) is 6.61 Å². The summed E-state index contributed by atoms with van der Waals surface area (Å²) < 4.78 is 0. The summed E-state index contributed by atoms with van der Waals surface area (Å²) in [5.74, 6) is 1.78. The fraction of sp³-hybridized carbons (Fsp3) is 1.00. The van der Waals surface area contributed by atoms with Crippen molar-refractivity contribution in [2.45, 2.75) is 39.0 Å². The van der Waals surface area contributed by atoms with Crippen LogP contribution in [0.4, 0.5) is 0 Å². The van der Waals surface area contributed by atoms with E-state index >= 15 is 0 Å². The molecule has 1 atom stereocenters. The lowest BCUT2D eigenvalue weighted by Crippen LogP contribution is -2.33. The summed E-state index contributed by atoms with van der Waals surface area (Å²) in [5, 5.41) is 8.84. The third kappa shape index (κ3) is 3.58. The van der Waals surface area contributed by atoms with Crippen molar-refractivity contribution in [1.29, 1.82) is 0 Å². The molecule has 1 unspecified atom stereocenters. The summed E-state index contributed by atoms with van der Waals surface area (Å²) >= 11 is 0. The average Bonchev–Trinajstić information content (AvgIpc) is 2.21. The van der Waals surface area contributed by atoms with Crippen molar-refractivity contribution in [2.24, 2.45) is 11.8 Å². The Balaban J connectivity index is 2.29. The molecule has 1 aliphatic heterocycles. The van der Waals surface area contributed by atoms with Gasteiger partial charge >= 0.3 is 0 Å². The predicted octanol–water partition coefficient (Wildman–Crippen LogP) is 2.13. The van der Waals surface area contributed by atoms with Crippen LogP contribution >= 0.6 is 0 Å². The highest BCUT2D eigenvalue weighted by molar-refractivity contribution is 4.75. The average molecular weight is 199 g/mol. The molecule has 0 amide bonds. The van der Waals surface area contributed by atoms with Gasteiger partial charge in [0.25, 0.3) is 0 Å². The van der Waals surface area contributed by atoms with Crippen molar-refractivity contribution >= 4 is 0 Å². The number of hydrogen-bond donors (Lipinski definition) is 1. The molecule has 1 fully saturated rings. The van der Waals surface area contributed by atoms with E-state index in [-0.39, 0.29) is 0 Å². The van der Waals surface area contributed by atoms with Crippen LogP contribution in [0.15, 0.2) is 0 Å². The number of aliphatic hydroxyl groups excluding tert-OH is 1. The highest BCUT2D eigenvalue weighted by atomic mass is 16.2. The summed E-state index contributed by atoms with van der Waals surface area (Å²) in [4.78, 5) is 2.43. The van der Waals surface area contributed by atoms with E-state index in [9.17, 15) is 0 Å². The van der Waals surface area contributed by atoms with E-state index in [0.717, 1.165) is 18.3 Å². The topological polar surface area (TPSA) is 23.5 Å². The van der Waals surface area contributed by atoms with Crippen LogP contribution in [0.25, 0.3) is 0 Å². The Morgan fingerprint density at radius 2 is 2.00 bits per heavy atom. The maximum Gasteiger partial charge on any atom is 0.0431 e. The lowest BCUT2D eigenvalue weighted by atomic mass is 9.80. The smallest absolute Gasteiger partial charge is 0.0431 e. The fourth-order valence-corrected chi connectivity index (χ4v) is 2.63. The molecule has 0 aliphatic carbocycles. The third-order valence-corrected chi connectivity index (χ3v) is 3.69. The number of likely N-dealkylation sites (tertiary alicyclic amines) is 1. The lowest BCUT2D eigenvalue weighted by molar-refractivity contribution is 0.154. The molecule has 0 aromatic rings. The van der Waals surface area contributed by atoms with Gasteiger partial charge in [-0.05, 0) is 57.7 Å². The van der Waals surface area contributed by atoms with E-state index in [2.05, 4.69) is 18.9 Å². The van der Waals surface area contributed by atoms with Crippen molar-refractivity contribution < 1.29 is 5.11 Å². The van der Waals surface area contributed by atoms with Crippen LogP contribution in [0.3, 0.4) is 0 Å². The first-order chi connectivity index (χ1) is 6.77. The molecule has 1 heterocycles. The van der Waals surface area contributed by atoms with Crippen LogP contribution in [0, 0.1) is 11.8 Å². The summed E-state index contributed by atoms with van der Waals surface area (Å²) in [6.07, 6.45) is 6.22. The molecule has 0 saturated carbocycles. The van der Waals surface area contributed by atoms with Crippen LogP contribution in [-0.4, -0.2) is 36.8 Å². The molecule has 0 aromatic carbocycles. The minimum Gasteiger partial charge on any atom is -0.396 e. The Labute approximate surface area is 88.3 Å². The van der Waals surface area contributed by atoms with Crippen molar-refractivity contribution in [3.8, 4) is 0 Å². The standard InChI is InChI=1S/C12H25NO/c1-3-11(5-4-10-14)12-6-8-13(2)9-7-12/h11-12,14H,3-10H2,1-2H3. The van der Waals surface area contributed by atoms with Crippen molar-refractivity contribution in [3.05, 3.63) is 0 Å². The molecule has 2 heteroatoms. The van der Waals surface area contributed by atoms with Gasteiger partial charge in [-0.2, -0.15) is 0 Å². The molecule has 1 N–H and O–H groups in total. The number of hydrogen-bond acceptors (Lipinski definition) is 2. The molecule has 1 saturated heterocycles. The van der Waals surface area contributed by atoms with E-state index in [4.69, 9.17) is 5.11 Å². The SMILES string of the molecule is CCC(CCCO)C1CCN(C)CC1. The number of nitrogens with zero attached hydrogens (tertiary/aromatic N) is 1. The van der Waals surface area contributed by atoms with E-state index in [1.165, 1.54) is 38.8 Å². The molecule has 14 heavy (non-hydrogen) atoms. The molecule has 2 nitrogen and oxygen atoms in total. The second kappa shape index (κ2) is 6.41. The Morgan fingerprint density at radius 3 is 2.50 bits per heavy atom. The first-order valence-electron chi connectivity index (χ1n) is 6.07. The first kappa shape index (κ1) is 12.0. The Kier molecular flexibility index (Phi) is 5.49. The van der Waals surface area contributed by atoms with Crippen LogP contribution in [-0.2, 0) is 0 Å². The Morgan fingerprint density at radius 1 is 1.36 bits per heavy atom. The molecule has 84 valence electrons. The molecular weight excluding hydrogens is 174 g/mol. The van der Waals surface area contributed by atoms with Gasteiger partial charge in [-0.15, -0.1) is 0 Å². The van der Waals surface area contributed by atoms with Gasteiger partial charge in [0.15, 0.2) is 0 Å². The largest absolute Gasteiger partial charge is 0.396 e. The summed E-state index contributed by atoms with van der Waals surface area (Å²) in [6.45, 7) is 5.18. The van der Waals surface area contributed by atoms with Gasteiger partial charge in [0.2, 0.25) is 0 Å². The second-order valence-corrected chi connectivity index (χ2v) is 4.67. The minimum absolute atomic E-state index is 0.364. The monoisotopic (exact) mass is 199 g/mol. The van der Waals surface area contributed by atoms with Gasteiger partial charge in [-0.3, -0.25) is 0 Å². The quantitative estimate of drug-likeness (QED) is 0.733. The normalized spacial score (nSPS) is 22.5. The van der Waals surface area contributed by atoms with Gasteiger partial charge < -0.3 is 10.0 Å². The molecule has 0 bridgehead atoms. The molecule has 0 radical (unpaired) electrons. The lowest BCUT2D eigenvalue weighted by Gasteiger charge is -2.34. The highest BCUT2D eigenvalue weighted by Crippen LogP contribution is 2.29. The summed E-state index contributed by atoms with van der Waals surface area (Å²) in [5.41, 5.74) is 0. The molecule has 1 aliphatic rings. The van der Waals surface area contributed by atoms with E-state index < -0.39 is 0 Å². The zero-order valence-electron chi connectivity index (χ0n) is 9.71. The van der Waals surface area contributed by atoms with Gasteiger partial charge in [0.05, 0.1) is 0 Å². The zero-order valence-corrected chi connectivity index (χ0v) is 9.71. The Bertz CT molecular complexity index is 139. The highest BCUT2D eigenvalue weighted by Gasteiger charge is 2.23. The van der Waals surface area contributed by atoms with Crippen LogP contribution in [0.5, 0.6) is 0 Å². The van der Waals surface area contributed by atoms with Crippen molar-refractivity contribution in [2.75, 3.05) is 26.7 Å². The van der Waals surface area contributed by atoms with Crippen molar-refractivity contribution in [1.82, 2.24) is 4.90 Å². The van der Waals surface area contributed by atoms with Crippen molar-refractivity contribution in [3.63, 3.8) is 0 Å². The summed E-state index contributed by atoms with van der Waals surface area (Å²) in [7, 11) is 2.21. The maximum absolute atomic E-state index is 8.84.